The molecule has 1 aliphatic heterocycles. The van der Waals surface area contributed by atoms with Crippen LogP contribution in [0.4, 0.5) is 0 Å². The molecular formula is C8H16N. The highest BCUT2D eigenvalue weighted by atomic mass is 14.9. The van der Waals surface area contributed by atoms with Gasteiger partial charge in [0, 0.05) is 0 Å². The van der Waals surface area contributed by atoms with E-state index >= 15 is 0 Å². The van der Waals surface area contributed by atoms with Crippen LogP contribution in [0.1, 0.15) is 26.7 Å². The van der Waals surface area contributed by atoms with Gasteiger partial charge < -0.3 is 5.32 Å². The van der Waals surface area contributed by atoms with Gasteiger partial charge >= 0.3 is 0 Å². The summed E-state index contributed by atoms with van der Waals surface area (Å²) < 4.78 is 0. The summed E-state index contributed by atoms with van der Waals surface area (Å²) in [5, 5.41) is 3.40. The summed E-state index contributed by atoms with van der Waals surface area (Å²) in [6, 6.07) is 0. The van der Waals surface area contributed by atoms with Crippen LogP contribution in [0.15, 0.2) is 0 Å². The first-order valence-electron chi connectivity index (χ1n) is 3.81. The molecule has 1 aliphatic rings. The smallest absolute Gasteiger partial charge is 0.00152 e. The summed E-state index contributed by atoms with van der Waals surface area (Å²) in [4.78, 5) is 0. The molecule has 0 aromatic carbocycles. The second kappa shape index (κ2) is 3.21. The summed E-state index contributed by atoms with van der Waals surface area (Å²) in [6.07, 6.45) is 2.76. The average Bonchev–Trinajstić information content (AvgIpc) is 1.90. The molecule has 0 aromatic heterocycles. The third-order valence-electron chi connectivity index (χ3n) is 2.11. The van der Waals surface area contributed by atoms with Crippen molar-refractivity contribution in [2.24, 2.45) is 5.92 Å². The number of hydrogen-bond acceptors (Lipinski definition) is 1. The maximum atomic E-state index is 3.40. The van der Waals surface area contributed by atoms with E-state index in [1.807, 2.05) is 0 Å². The van der Waals surface area contributed by atoms with Gasteiger partial charge in [0.1, 0.15) is 0 Å². The van der Waals surface area contributed by atoms with Crippen LogP contribution in [-0.4, -0.2) is 13.1 Å². The number of rotatable bonds is 1. The predicted octanol–water partition coefficient (Wildman–Crippen LogP) is 1.60. The van der Waals surface area contributed by atoms with Gasteiger partial charge in [-0.25, -0.2) is 0 Å². The fourth-order valence-corrected chi connectivity index (χ4v) is 1.34. The van der Waals surface area contributed by atoms with E-state index < -0.39 is 0 Å². The quantitative estimate of drug-likeness (QED) is 0.562. The van der Waals surface area contributed by atoms with E-state index in [9.17, 15) is 0 Å². The molecule has 0 bridgehead atoms. The van der Waals surface area contributed by atoms with Crippen LogP contribution in [0, 0.1) is 11.8 Å². The molecule has 0 spiro atoms. The maximum Gasteiger partial charge on any atom is -0.00152 e. The average molecular weight is 126 g/mol. The molecule has 1 unspecified atom stereocenters. The molecule has 1 nitrogen and oxygen atoms in total. The van der Waals surface area contributed by atoms with Crippen molar-refractivity contribution in [3.8, 4) is 0 Å². The Morgan fingerprint density at radius 1 is 1.44 bits per heavy atom. The molecule has 0 saturated carbocycles. The molecular weight excluding hydrogens is 110 g/mol. The Hall–Kier alpha value is -0.0400. The minimum absolute atomic E-state index is 0.860. The van der Waals surface area contributed by atoms with Crippen LogP contribution in [0.3, 0.4) is 0 Å². The molecule has 1 radical (unpaired) electrons. The normalized spacial score (nSPS) is 29.0. The molecule has 1 heteroatoms. The Balaban J connectivity index is 2.23. The van der Waals surface area contributed by atoms with Gasteiger partial charge in [-0.1, -0.05) is 13.8 Å². The Labute approximate surface area is 57.8 Å². The molecule has 1 rings (SSSR count). The van der Waals surface area contributed by atoms with Crippen LogP contribution in [-0.2, 0) is 0 Å². The lowest BCUT2D eigenvalue weighted by molar-refractivity contribution is 0.391. The van der Waals surface area contributed by atoms with Gasteiger partial charge in [0.2, 0.25) is 0 Å². The van der Waals surface area contributed by atoms with Crippen LogP contribution in [0.5, 0.6) is 0 Å². The lowest BCUT2D eigenvalue weighted by Crippen LogP contribution is -2.31. The Morgan fingerprint density at radius 2 is 2.22 bits per heavy atom. The molecule has 1 heterocycles. The Bertz CT molecular complexity index is 72.6. The van der Waals surface area contributed by atoms with Crippen molar-refractivity contribution >= 4 is 0 Å². The zero-order valence-corrected chi connectivity index (χ0v) is 6.41. The zero-order valence-electron chi connectivity index (χ0n) is 6.41. The molecule has 0 aliphatic carbocycles. The van der Waals surface area contributed by atoms with Gasteiger partial charge in [0.05, 0.1) is 0 Å². The predicted molar refractivity (Wildman–Crippen MR) is 40.2 cm³/mol. The summed E-state index contributed by atoms with van der Waals surface area (Å²) in [5.74, 6) is 2.45. The van der Waals surface area contributed by atoms with Gasteiger partial charge in [0.25, 0.3) is 0 Å². The Morgan fingerprint density at radius 3 is 2.56 bits per heavy atom. The number of piperidine rings is 1. The molecule has 0 aromatic rings. The molecule has 1 N–H and O–H groups in total. The third kappa shape index (κ3) is 1.98. The van der Waals surface area contributed by atoms with Gasteiger partial charge in [-0.3, -0.25) is 0 Å². The van der Waals surface area contributed by atoms with Crippen molar-refractivity contribution in [3.05, 3.63) is 5.92 Å². The van der Waals surface area contributed by atoms with Crippen molar-refractivity contribution in [3.63, 3.8) is 0 Å². The van der Waals surface area contributed by atoms with Gasteiger partial charge in [-0.15, -0.1) is 0 Å². The zero-order chi connectivity index (χ0) is 6.69. The molecule has 1 saturated heterocycles. The minimum Gasteiger partial charge on any atom is -0.316 e. The minimum atomic E-state index is 0.860. The standard InChI is InChI=1S/C8H16N/c1-7(2)8-4-3-5-9-6-8/h8-9H,3-6H2,1-2H3. The second-order valence-electron chi connectivity index (χ2n) is 3.12. The van der Waals surface area contributed by atoms with Crippen LogP contribution >= 0.6 is 0 Å². The maximum absolute atomic E-state index is 3.40. The highest BCUT2D eigenvalue weighted by Crippen LogP contribution is 2.19. The first kappa shape index (κ1) is 7.07. The van der Waals surface area contributed by atoms with Crippen LogP contribution in [0.25, 0.3) is 0 Å². The van der Waals surface area contributed by atoms with Crippen molar-refractivity contribution in [2.45, 2.75) is 26.7 Å². The van der Waals surface area contributed by atoms with Crippen molar-refractivity contribution in [2.75, 3.05) is 13.1 Å². The first-order valence-corrected chi connectivity index (χ1v) is 3.81. The van der Waals surface area contributed by atoms with Gasteiger partial charge in [0.15, 0.2) is 0 Å². The molecule has 0 amide bonds. The van der Waals surface area contributed by atoms with E-state index in [2.05, 4.69) is 19.2 Å². The van der Waals surface area contributed by atoms with Crippen molar-refractivity contribution in [1.82, 2.24) is 5.32 Å². The van der Waals surface area contributed by atoms with E-state index in [4.69, 9.17) is 0 Å². The van der Waals surface area contributed by atoms with E-state index in [1.54, 1.807) is 5.92 Å². The van der Waals surface area contributed by atoms with Gasteiger partial charge in [-0.2, -0.15) is 0 Å². The summed E-state index contributed by atoms with van der Waals surface area (Å²) in [5.41, 5.74) is 0. The topological polar surface area (TPSA) is 12.0 Å². The fourth-order valence-electron chi connectivity index (χ4n) is 1.34. The van der Waals surface area contributed by atoms with Crippen LogP contribution < -0.4 is 5.32 Å². The number of nitrogens with one attached hydrogen (secondary N) is 1. The Kier molecular flexibility index (Phi) is 2.52. The van der Waals surface area contributed by atoms with Crippen LogP contribution in [0.2, 0.25) is 0 Å². The number of hydrogen-bond donors (Lipinski definition) is 1. The van der Waals surface area contributed by atoms with E-state index in [1.165, 1.54) is 25.9 Å². The summed E-state index contributed by atoms with van der Waals surface area (Å²) in [7, 11) is 0. The van der Waals surface area contributed by atoms with Crippen molar-refractivity contribution in [1.29, 1.82) is 0 Å². The summed E-state index contributed by atoms with van der Waals surface area (Å²) >= 11 is 0. The van der Waals surface area contributed by atoms with Gasteiger partial charge in [-0.05, 0) is 37.8 Å². The molecule has 9 heavy (non-hydrogen) atoms. The molecule has 1 atom stereocenters. The monoisotopic (exact) mass is 126 g/mol. The highest BCUT2D eigenvalue weighted by Gasteiger charge is 2.15. The SMILES string of the molecule is C[C](C)C1CCCNC1. The van der Waals surface area contributed by atoms with E-state index in [-0.39, 0.29) is 0 Å². The largest absolute Gasteiger partial charge is 0.316 e. The third-order valence-corrected chi connectivity index (χ3v) is 2.11. The summed E-state index contributed by atoms with van der Waals surface area (Å²) in [6.45, 7) is 6.90. The fraction of sp³-hybridized carbons (Fsp3) is 0.875. The second-order valence-corrected chi connectivity index (χ2v) is 3.12. The molecule has 1 fully saturated rings. The first-order chi connectivity index (χ1) is 4.30. The highest BCUT2D eigenvalue weighted by molar-refractivity contribution is 4.89. The lowest BCUT2D eigenvalue weighted by atomic mass is 9.89. The lowest BCUT2D eigenvalue weighted by Gasteiger charge is -2.25. The van der Waals surface area contributed by atoms with Crippen molar-refractivity contribution < 1.29 is 0 Å². The molecule has 53 valence electrons. The van der Waals surface area contributed by atoms with E-state index in [0.29, 0.717) is 0 Å². The van der Waals surface area contributed by atoms with E-state index in [0.717, 1.165) is 5.92 Å².